The molecule has 2 aromatic rings. The van der Waals surface area contributed by atoms with Gasteiger partial charge in [-0.3, -0.25) is 9.69 Å². The molecule has 0 radical (unpaired) electrons. The molecule has 4 nitrogen and oxygen atoms in total. The lowest BCUT2D eigenvalue weighted by atomic mass is 10.1. The van der Waals surface area contributed by atoms with Crippen LogP contribution in [-0.2, 0) is 17.8 Å². The van der Waals surface area contributed by atoms with Crippen molar-refractivity contribution in [1.29, 1.82) is 0 Å². The molecule has 112 valence electrons. The average Bonchev–Trinajstić information content (AvgIpc) is 2.91. The molecule has 1 amide bonds. The number of nitrogens with zero attached hydrogens (tertiary/aromatic N) is 1. The van der Waals surface area contributed by atoms with Gasteiger partial charge < -0.3 is 9.73 Å². The van der Waals surface area contributed by atoms with Gasteiger partial charge in [0.15, 0.2) is 0 Å². The number of hydrogen-bond donors (Lipinski definition) is 1. The summed E-state index contributed by atoms with van der Waals surface area (Å²) in [5, 5.41) is 3.63. The number of hydrogen-bond acceptors (Lipinski definition) is 3. The van der Waals surface area contributed by atoms with Gasteiger partial charge in [-0.25, -0.2) is 0 Å². The van der Waals surface area contributed by atoms with Gasteiger partial charge in [0, 0.05) is 11.6 Å². The number of rotatable bonds is 7. The zero-order valence-electron chi connectivity index (χ0n) is 12.0. The van der Waals surface area contributed by atoms with Crippen LogP contribution in [0.2, 0.25) is 5.02 Å². The first-order valence-corrected chi connectivity index (χ1v) is 7.23. The number of nitrogens with one attached hydrogen (secondary N) is 1. The fraction of sp³-hybridized carbons (Fsp3) is 0.312. The molecule has 0 bridgehead atoms. The van der Waals surface area contributed by atoms with Crippen LogP contribution in [0.1, 0.15) is 11.3 Å². The zero-order valence-corrected chi connectivity index (χ0v) is 12.8. The molecule has 0 saturated heterocycles. The van der Waals surface area contributed by atoms with E-state index in [-0.39, 0.29) is 5.91 Å². The number of halogens is 1. The molecular formula is C16H19ClN2O2. The highest BCUT2D eigenvalue weighted by molar-refractivity contribution is 6.30. The maximum Gasteiger partial charge on any atom is 0.234 e. The molecule has 1 N–H and O–H groups in total. The summed E-state index contributed by atoms with van der Waals surface area (Å²) < 4.78 is 5.25. The highest BCUT2D eigenvalue weighted by Crippen LogP contribution is 2.10. The number of likely N-dealkylation sites (N-methyl/N-ethyl adjacent to an activating group) is 1. The summed E-state index contributed by atoms with van der Waals surface area (Å²) in [5.41, 5.74) is 1.12. The highest BCUT2D eigenvalue weighted by atomic mass is 35.5. The van der Waals surface area contributed by atoms with Gasteiger partial charge in [-0.05, 0) is 43.3 Å². The van der Waals surface area contributed by atoms with Crippen LogP contribution < -0.4 is 5.32 Å². The molecule has 0 saturated carbocycles. The van der Waals surface area contributed by atoms with E-state index in [0.29, 0.717) is 19.6 Å². The third-order valence-corrected chi connectivity index (χ3v) is 3.28. The molecular weight excluding hydrogens is 288 g/mol. The van der Waals surface area contributed by atoms with E-state index in [1.54, 1.807) is 6.26 Å². The predicted molar refractivity (Wildman–Crippen MR) is 83.2 cm³/mol. The molecule has 21 heavy (non-hydrogen) atoms. The Morgan fingerprint density at radius 1 is 1.33 bits per heavy atom. The number of carbonyl (C=O) groups is 1. The maximum absolute atomic E-state index is 11.8. The second kappa shape index (κ2) is 7.86. The largest absolute Gasteiger partial charge is 0.468 e. The summed E-state index contributed by atoms with van der Waals surface area (Å²) in [5.74, 6) is 0.857. The van der Waals surface area contributed by atoms with Crippen molar-refractivity contribution in [3.05, 3.63) is 59.0 Å². The van der Waals surface area contributed by atoms with Gasteiger partial charge in [0.1, 0.15) is 5.76 Å². The minimum Gasteiger partial charge on any atom is -0.468 e. The molecule has 5 heteroatoms. The van der Waals surface area contributed by atoms with Gasteiger partial charge >= 0.3 is 0 Å². The van der Waals surface area contributed by atoms with E-state index in [9.17, 15) is 4.79 Å². The Kier molecular flexibility index (Phi) is 5.84. The second-order valence-corrected chi connectivity index (χ2v) is 5.42. The van der Waals surface area contributed by atoms with E-state index >= 15 is 0 Å². The SMILES string of the molecule is CN(CC(=O)NCCc1cccc(Cl)c1)Cc1ccco1. The molecule has 0 atom stereocenters. The van der Waals surface area contributed by atoms with Crippen molar-refractivity contribution in [3.8, 4) is 0 Å². The first kappa shape index (κ1) is 15.6. The smallest absolute Gasteiger partial charge is 0.234 e. The quantitative estimate of drug-likeness (QED) is 0.855. The van der Waals surface area contributed by atoms with Crippen LogP contribution in [0.5, 0.6) is 0 Å². The molecule has 1 heterocycles. The molecule has 0 fully saturated rings. The van der Waals surface area contributed by atoms with Crippen molar-refractivity contribution >= 4 is 17.5 Å². The van der Waals surface area contributed by atoms with Crippen LogP contribution in [0.4, 0.5) is 0 Å². The van der Waals surface area contributed by atoms with Gasteiger partial charge in [-0.15, -0.1) is 0 Å². The van der Waals surface area contributed by atoms with Gasteiger partial charge in [-0.1, -0.05) is 23.7 Å². The van der Waals surface area contributed by atoms with Crippen LogP contribution in [0.15, 0.2) is 47.1 Å². The minimum absolute atomic E-state index is 0.00563. The number of furan rings is 1. The summed E-state index contributed by atoms with van der Waals surface area (Å²) in [6.45, 7) is 1.57. The summed E-state index contributed by atoms with van der Waals surface area (Å²) in [4.78, 5) is 13.7. The monoisotopic (exact) mass is 306 g/mol. The van der Waals surface area contributed by atoms with Gasteiger partial charge in [0.25, 0.3) is 0 Å². The van der Waals surface area contributed by atoms with Crippen LogP contribution in [0, 0.1) is 0 Å². The Morgan fingerprint density at radius 2 is 2.19 bits per heavy atom. The van der Waals surface area contributed by atoms with Crippen LogP contribution >= 0.6 is 11.6 Å². The Bertz CT molecular complexity index is 569. The van der Waals surface area contributed by atoms with E-state index < -0.39 is 0 Å². The van der Waals surface area contributed by atoms with Crippen molar-refractivity contribution in [1.82, 2.24) is 10.2 Å². The average molecular weight is 307 g/mol. The number of amides is 1. The Morgan fingerprint density at radius 3 is 2.90 bits per heavy atom. The number of benzene rings is 1. The van der Waals surface area contributed by atoms with Crippen molar-refractivity contribution in [2.75, 3.05) is 20.1 Å². The summed E-state index contributed by atoms with van der Waals surface area (Å²) in [6.07, 6.45) is 2.41. The minimum atomic E-state index is 0.00563. The zero-order chi connectivity index (χ0) is 15.1. The first-order chi connectivity index (χ1) is 10.1. The highest BCUT2D eigenvalue weighted by Gasteiger charge is 2.08. The number of carbonyl (C=O) groups excluding carboxylic acids is 1. The third kappa shape index (κ3) is 5.61. The summed E-state index contributed by atoms with van der Waals surface area (Å²) >= 11 is 5.92. The lowest BCUT2D eigenvalue weighted by molar-refractivity contribution is -0.122. The van der Waals surface area contributed by atoms with Crippen LogP contribution in [0.3, 0.4) is 0 Å². The first-order valence-electron chi connectivity index (χ1n) is 6.85. The van der Waals surface area contributed by atoms with Crippen LogP contribution in [-0.4, -0.2) is 30.9 Å². The molecule has 1 aromatic heterocycles. The van der Waals surface area contributed by atoms with Crippen LogP contribution in [0.25, 0.3) is 0 Å². The second-order valence-electron chi connectivity index (χ2n) is 4.98. The lowest BCUT2D eigenvalue weighted by Crippen LogP contribution is -2.35. The Balaban J connectivity index is 1.67. The molecule has 0 spiro atoms. The Labute approximate surface area is 129 Å². The standard InChI is InChI=1S/C16H19ClN2O2/c1-19(11-15-6-3-9-21-15)12-16(20)18-8-7-13-4-2-5-14(17)10-13/h2-6,9-10H,7-8,11-12H2,1H3,(H,18,20). The maximum atomic E-state index is 11.8. The third-order valence-electron chi connectivity index (χ3n) is 3.04. The molecule has 1 aromatic carbocycles. The van der Waals surface area contributed by atoms with E-state index in [2.05, 4.69) is 5.32 Å². The van der Waals surface area contributed by atoms with Gasteiger partial charge in [-0.2, -0.15) is 0 Å². The lowest BCUT2D eigenvalue weighted by Gasteiger charge is -2.14. The molecule has 2 rings (SSSR count). The fourth-order valence-corrected chi connectivity index (χ4v) is 2.28. The molecule has 0 aliphatic carbocycles. The van der Waals surface area contributed by atoms with Gasteiger partial charge in [0.05, 0.1) is 19.4 Å². The van der Waals surface area contributed by atoms with Gasteiger partial charge in [0.2, 0.25) is 5.91 Å². The Hall–Kier alpha value is -1.78. The van der Waals surface area contributed by atoms with E-state index in [1.165, 1.54) is 0 Å². The van der Waals surface area contributed by atoms with Crippen molar-refractivity contribution in [2.24, 2.45) is 0 Å². The predicted octanol–water partition coefficient (Wildman–Crippen LogP) is 2.72. The van der Waals surface area contributed by atoms with Crippen molar-refractivity contribution in [2.45, 2.75) is 13.0 Å². The molecule has 0 unspecified atom stereocenters. The summed E-state index contributed by atoms with van der Waals surface area (Å²) in [7, 11) is 1.89. The van der Waals surface area contributed by atoms with E-state index in [4.69, 9.17) is 16.0 Å². The van der Waals surface area contributed by atoms with E-state index in [0.717, 1.165) is 22.8 Å². The molecule has 0 aliphatic heterocycles. The fourth-order valence-electron chi connectivity index (χ4n) is 2.06. The van der Waals surface area contributed by atoms with Crippen molar-refractivity contribution < 1.29 is 9.21 Å². The normalized spacial score (nSPS) is 10.8. The topological polar surface area (TPSA) is 45.5 Å². The molecule has 0 aliphatic rings. The summed E-state index contributed by atoms with van der Waals surface area (Å²) in [6, 6.07) is 11.4. The van der Waals surface area contributed by atoms with E-state index in [1.807, 2.05) is 48.3 Å². The van der Waals surface area contributed by atoms with Crippen molar-refractivity contribution in [3.63, 3.8) is 0 Å².